The molecule has 0 bridgehead atoms. The fourth-order valence-electron chi connectivity index (χ4n) is 2.69. The number of nitrogens with two attached hydrogens (primary N) is 1. The van der Waals surface area contributed by atoms with Gasteiger partial charge in [-0.3, -0.25) is 9.69 Å². The number of amides is 1. The lowest BCUT2D eigenvalue weighted by Gasteiger charge is -2.30. The SMILES string of the molecule is COc1ccc(C)cc1NC(=O)CN1CCC(CN)CC1. The molecule has 1 aromatic carbocycles. The first kappa shape index (κ1) is 15.8. The van der Waals surface area contributed by atoms with E-state index in [4.69, 9.17) is 10.5 Å². The number of benzene rings is 1. The molecule has 2 rings (SSSR count). The Balaban J connectivity index is 1.89. The predicted molar refractivity (Wildman–Crippen MR) is 84.6 cm³/mol. The Morgan fingerprint density at radius 1 is 1.43 bits per heavy atom. The summed E-state index contributed by atoms with van der Waals surface area (Å²) in [6.07, 6.45) is 2.16. The van der Waals surface area contributed by atoms with Crippen LogP contribution in [0.1, 0.15) is 18.4 Å². The zero-order chi connectivity index (χ0) is 15.2. The van der Waals surface area contributed by atoms with E-state index in [9.17, 15) is 4.79 Å². The fraction of sp³-hybridized carbons (Fsp3) is 0.562. The third kappa shape index (κ3) is 4.44. The number of carbonyl (C=O) groups excluding carboxylic acids is 1. The van der Waals surface area contributed by atoms with Crippen LogP contribution in [0.2, 0.25) is 0 Å². The van der Waals surface area contributed by atoms with Crippen molar-refractivity contribution in [2.75, 3.05) is 38.6 Å². The highest BCUT2D eigenvalue weighted by Crippen LogP contribution is 2.25. The zero-order valence-electron chi connectivity index (χ0n) is 12.9. The molecule has 1 aliphatic heterocycles. The van der Waals surface area contributed by atoms with E-state index in [-0.39, 0.29) is 5.91 Å². The molecule has 1 aromatic rings. The first-order valence-corrected chi connectivity index (χ1v) is 7.49. The lowest BCUT2D eigenvalue weighted by atomic mass is 9.97. The molecule has 1 heterocycles. The van der Waals surface area contributed by atoms with Crippen LogP contribution in [0, 0.1) is 12.8 Å². The van der Waals surface area contributed by atoms with Crippen molar-refractivity contribution in [3.8, 4) is 5.75 Å². The summed E-state index contributed by atoms with van der Waals surface area (Å²) in [5.41, 5.74) is 7.51. The van der Waals surface area contributed by atoms with Gasteiger partial charge in [0.15, 0.2) is 0 Å². The number of hydrogen-bond acceptors (Lipinski definition) is 4. The van der Waals surface area contributed by atoms with Crippen molar-refractivity contribution in [2.45, 2.75) is 19.8 Å². The number of anilines is 1. The first-order chi connectivity index (χ1) is 10.1. The molecule has 0 aliphatic carbocycles. The summed E-state index contributed by atoms with van der Waals surface area (Å²) >= 11 is 0. The van der Waals surface area contributed by atoms with Crippen molar-refractivity contribution >= 4 is 11.6 Å². The minimum Gasteiger partial charge on any atom is -0.495 e. The number of nitrogens with one attached hydrogen (secondary N) is 1. The molecule has 0 spiro atoms. The number of likely N-dealkylation sites (tertiary alicyclic amines) is 1. The maximum Gasteiger partial charge on any atom is 0.238 e. The van der Waals surface area contributed by atoms with Crippen molar-refractivity contribution in [3.05, 3.63) is 23.8 Å². The number of piperidine rings is 1. The Kier molecular flexibility index (Phi) is 5.59. The van der Waals surface area contributed by atoms with E-state index >= 15 is 0 Å². The Morgan fingerprint density at radius 2 is 2.14 bits per heavy atom. The second-order valence-corrected chi connectivity index (χ2v) is 5.71. The average molecular weight is 291 g/mol. The highest BCUT2D eigenvalue weighted by atomic mass is 16.5. The smallest absolute Gasteiger partial charge is 0.238 e. The Labute approximate surface area is 126 Å². The standard InChI is InChI=1S/C16H25N3O2/c1-12-3-4-15(21-2)14(9-12)18-16(20)11-19-7-5-13(10-17)6-8-19/h3-4,9,13H,5-8,10-11,17H2,1-2H3,(H,18,20). The molecule has 5 heteroatoms. The van der Waals surface area contributed by atoms with E-state index in [0.29, 0.717) is 18.2 Å². The minimum atomic E-state index is 0.00472. The van der Waals surface area contributed by atoms with Crippen LogP contribution in [0.15, 0.2) is 18.2 Å². The molecular formula is C16H25N3O2. The number of aryl methyl sites for hydroxylation is 1. The third-order valence-electron chi connectivity index (χ3n) is 4.04. The molecule has 3 N–H and O–H groups in total. The lowest BCUT2D eigenvalue weighted by molar-refractivity contribution is -0.117. The number of hydrogen-bond donors (Lipinski definition) is 2. The van der Waals surface area contributed by atoms with Crippen LogP contribution in [0.25, 0.3) is 0 Å². The van der Waals surface area contributed by atoms with E-state index in [0.717, 1.165) is 43.7 Å². The number of carbonyl (C=O) groups is 1. The van der Waals surface area contributed by atoms with Crippen LogP contribution in [-0.4, -0.2) is 44.1 Å². The molecule has 116 valence electrons. The molecule has 0 aromatic heterocycles. The van der Waals surface area contributed by atoms with Crippen molar-refractivity contribution < 1.29 is 9.53 Å². The van der Waals surface area contributed by atoms with Crippen molar-refractivity contribution in [2.24, 2.45) is 11.7 Å². The summed E-state index contributed by atoms with van der Waals surface area (Å²) in [4.78, 5) is 14.4. The predicted octanol–water partition coefficient (Wildman–Crippen LogP) is 1.61. The molecule has 5 nitrogen and oxygen atoms in total. The van der Waals surface area contributed by atoms with Gasteiger partial charge in [0.1, 0.15) is 5.75 Å². The molecule has 1 amide bonds. The van der Waals surface area contributed by atoms with E-state index < -0.39 is 0 Å². The summed E-state index contributed by atoms with van der Waals surface area (Å²) in [7, 11) is 1.61. The van der Waals surface area contributed by atoms with Crippen LogP contribution in [0.5, 0.6) is 5.75 Å². The molecule has 0 radical (unpaired) electrons. The van der Waals surface area contributed by atoms with Gasteiger partial charge < -0.3 is 15.8 Å². The summed E-state index contributed by atoms with van der Waals surface area (Å²) in [5.74, 6) is 1.31. The molecule has 1 aliphatic rings. The topological polar surface area (TPSA) is 67.6 Å². The molecule has 1 fully saturated rings. The summed E-state index contributed by atoms with van der Waals surface area (Å²) in [6, 6.07) is 5.77. The molecule has 0 saturated carbocycles. The minimum absolute atomic E-state index is 0.00472. The van der Waals surface area contributed by atoms with Gasteiger partial charge >= 0.3 is 0 Å². The Morgan fingerprint density at radius 3 is 2.76 bits per heavy atom. The van der Waals surface area contributed by atoms with E-state index in [2.05, 4.69) is 10.2 Å². The quantitative estimate of drug-likeness (QED) is 0.865. The largest absolute Gasteiger partial charge is 0.495 e. The monoisotopic (exact) mass is 291 g/mol. The molecule has 0 atom stereocenters. The summed E-state index contributed by atoms with van der Waals surface area (Å²) < 4.78 is 5.28. The van der Waals surface area contributed by atoms with Crippen LogP contribution in [0.4, 0.5) is 5.69 Å². The zero-order valence-corrected chi connectivity index (χ0v) is 12.9. The second-order valence-electron chi connectivity index (χ2n) is 5.71. The van der Waals surface area contributed by atoms with E-state index in [1.165, 1.54) is 0 Å². The second kappa shape index (κ2) is 7.43. The van der Waals surface area contributed by atoms with Crippen molar-refractivity contribution in [1.29, 1.82) is 0 Å². The number of ether oxygens (including phenoxy) is 1. The van der Waals surface area contributed by atoms with Gasteiger partial charge in [-0.1, -0.05) is 6.07 Å². The molecule has 0 unspecified atom stereocenters. The van der Waals surface area contributed by atoms with Crippen LogP contribution < -0.4 is 15.8 Å². The van der Waals surface area contributed by atoms with Gasteiger partial charge in [-0.15, -0.1) is 0 Å². The van der Waals surface area contributed by atoms with Gasteiger partial charge in [-0.05, 0) is 63.0 Å². The molecule has 1 saturated heterocycles. The number of rotatable bonds is 5. The summed E-state index contributed by atoms with van der Waals surface area (Å²) in [5, 5.41) is 2.94. The van der Waals surface area contributed by atoms with Crippen molar-refractivity contribution in [1.82, 2.24) is 4.90 Å². The van der Waals surface area contributed by atoms with Crippen LogP contribution >= 0.6 is 0 Å². The third-order valence-corrected chi connectivity index (χ3v) is 4.04. The number of methoxy groups -OCH3 is 1. The maximum atomic E-state index is 12.2. The van der Waals surface area contributed by atoms with Gasteiger partial charge in [0.05, 0.1) is 19.3 Å². The highest BCUT2D eigenvalue weighted by Gasteiger charge is 2.20. The normalized spacial score (nSPS) is 16.7. The molecular weight excluding hydrogens is 266 g/mol. The van der Waals surface area contributed by atoms with Gasteiger partial charge in [-0.2, -0.15) is 0 Å². The van der Waals surface area contributed by atoms with E-state index in [1.807, 2.05) is 25.1 Å². The Bertz CT molecular complexity index is 482. The van der Waals surface area contributed by atoms with Gasteiger partial charge in [0, 0.05) is 0 Å². The number of nitrogens with zero attached hydrogens (tertiary/aromatic N) is 1. The van der Waals surface area contributed by atoms with Crippen molar-refractivity contribution in [3.63, 3.8) is 0 Å². The fourth-order valence-corrected chi connectivity index (χ4v) is 2.69. The maximum absolute atomic E-state index is 12.2. The highest BCUT2D eigenvalue weighted by molar-refractivity contribution is 5.93. The van der Waals surface area contributed by atoms with E-state index in [1.54, 1.807) is 7.11 Å². The molecule has 21 heavy (non-hydrogen) atoms. The Hall–Kier alpha value is -1.59. The van der Waals surface area contributed by atoms with Gasteiger partial charge in [-0.25, -0.2) is 0 Å². The first-order valence-electron chi connectivity index (χ1n) is 7.49. The lowest BCUT2D eigenvalue weighted by Crippen LogP contribution is -2.40. The average Bonchev–Trinajstić information content (AvgIpc) is 2.48. The van der Waals surface area contributed by atoms with Crippen LogP contribution in [-0.2, 0) is 4.79 Å². The van der Waals surface area contributed by atoms with Crippen LogP contribution in [0.3, 0.4) is 0 Å². The van der Waals surface area contributed by atoms with Gasteiger partial charge in [0.2, 0.25) is 5.91 Å². The summed E-state index contributed by atoms with van der Waals surface area (Å²) in [6.45, 7) is 5.06. The van der Waals surface area contributed by atoms with Gasteiger partial charge in [0.25, 0.3) is 0 Å².